The lowest BCUT2D eigenvalue weighted by Crippen LogP contribution is -2.20. The molecule has 3 heteroatoms. The topological polar surface area (TPSA) is 18.5 Å². The first kappa shape index (κ1) is 9.56. The summed E-state index contributed by atoms with van der Waals surface area (Å²) in [6.45, 7) is 2.57. The van der Waals surface area contributed by atoms with Crippen molar-refractivity contribution in [3.05, 3.63) is 34.9 Å². The Bertz CT molecular complexity index is 360. The second-order valence-corrected chi connectivity index (χ2v) is 3.42. The largest absolute Gasteiger partial charge is 0.461 e. The van der Waals surface area contributed by atoms with E-state index in [9.17, 15) is 0 Å². The number of ether oxygens (including phenoxy) is 2. The molecule has 0 N–H and O–H groups in total. The van der Waals surface area contributed by atoms with Crippen LogP contribution < -0.4 is 4.74 Å². The molecule has 2 nitrogen and oxygen atoms in total. The molecular formula is C11H11ClO2. The van der Waals surface area contributed by atoms with E-state index in [4.69, 9.17) is 21.1 Å². The molecule has 1 aliphatic heterocycles. The molecule has 0 aliphatic carbocycles. The molecule has 1 heterocycles. The zero-order valence-electron chi connectivity index (χ0n) is 7.87. The monoisotopic (exact) mass is 210 g/mol. The van der Waals surface area contributed by atoms with E-state index in [2.05, 4.69) is 0 Å². The molecule has 14 heavy (non-hydrogen) atoms. The predicted octanol–water partition coefficient (Wildman–Crippen LogP) is 3.11. The quantitative estimate of drug-likeness (QED) is 0.747. The Kier molecular flexibility index (Phi) is 2.75. The van der Waals surface area contributed by atoms with E-state index in [0.717, 1.165) is 11.3 Å². The minimum Gasteiger partial charge on any atom is -0.461 e. The number of benzene rings is 1. The van der Waals surface area contributed by atoms with Gasteiger partial charge in [-0.2, -0.15) is 0 Å². The van der Waals surface area contributed by atoms with Crippen LogP contribution in [-0.2, 0) is 4.74 Å². The summed E-state index contributed by atoms with van der Waals surface area (Å²) in [5.41, 5.74) is 1.03. The zero-order chi connectivity index (χ0) is 9.97. The van der Waals surface area contributed by atoms with Crippen LogP contribution in [0.1, 0.15) is 12.5 Å². The number of fused-ring (bicyclic) bond motifs is 1. The van der Waals surface area contributed by atoms with Gasteiger partial charge in [0.25, 0.3) is 0 Å². The van der Waals surface area contributed by atoms with Gasteiger partial charge in [-0.3, -0.25) is 0 Å². The van der Waals surface area contributed by atoms with Gasteiger partial charge in [0.2, 0.25) is 6.29 Å². The minimum absolute atomic E-state index is 0.286. The lowest BCUT2D eigenvalue weighted by Gasteiger charge is -2.20. The highest BCUT2D eigenvalue weighted by molar-refractivity contribution is 6.30. The van der Waals surface area contributed by atoms with E-state index < -0.39 is 0 Å². The van der Waals surface area contributed by atoms with Crippen LogP contribution in [0.5, 0.6) is 5.75 Å². The van der Waals surface area contributed by atoms with Gasteiger partial charge >= 0.3 is 0 Å². The SMILES string of the molecule is CCO[C@@H]1C=Cc2ccc(Cl)cc2O1. The first-order valence-corrected chi connectivity index (χ1v) is 4.93. The Labute approximate surface area is 88.1 Å². The average molecular weight is 211 g/mol. The third-order valence-electron chi connectivity index (χ3n) is 1.98. The summed E-state index contributed by atoms with van der Waals surface area (Å²) >= 11 is 5.86. The maximum absolute atomic E-state index is 5.86. The predicted molar refractivity (Wildman–Crippen MR) is 56.5 cm³/mol. The normalized spacial score (nSPS) is 18.9. The maximum Gasteiger partial charge on any atom is 0.220 e. The molecule has 1 aromatic rings. The van der Waals surface area contributed by atoms with E-state index in [1.54, 1.807) is 6.07 Å². The van der Waals surface area contributed by atoms with Crippen LogP contribution in [-0.4, -0.2) is 12.9 Å². The highest BCUT2D eigenvalue weighted by Crippen LogP contribution is 2.29. The van der Waals surface area contributed by atoms with Crippen molar-refractivity contribution in [3.63, 3.8) is 0 Å². The van der Waals surface area contributed by atoms with Crippen LogP contribution in [0.15, 0.2) is 24.3 Å². The fraction of sp³-hybridized carbons (Fsp3) is 0.273. The Morgan fingerprint density at radius 1 is 1.50 bits per heavy atom. The van der Waals surface area contributed by atoms with Crippen LogP contribution in [0.4, 0.5) is 0 Å². The summed E-state index contributed by atoms with van der Waals surface area (Å²) < 4.78 is 10.9. The van der Waals surface area contributed by atoms with Crippen molar-refractivity contribution in [2.75, 3.05) is 6.61 Å². The molecule has 0 saturated heterocycles. The van der Waals surface area contributed by atoms with Crippen molar-refractivity contribution >= 4 is 17.7 Å². The van der Waals surface area contributed by atoms with Gasteiger partial charge in [0, 0.05) is 17.2 Å². The molecule has 0 amide bonds. The first-order valence-electron chi connectivity index (χ1n) is 4.55. The van der Waals surface area contributed by atoms with Crippen LogP contribution in [0, 0.1) is 0 Å². The number of hydrogen-bond donors (Lipinski definition) is 0. The highest BCUT2D eigenvalue weighted by Gasteiger charge is 2.14. The summed E-state index contributed by atoms with van der Waals surface area (Å²) in [6.07, 6.45) is 3.58. The standard InChI is InChI=1S/C11H11ClO2/c1-2-13-11-6-4-8-3-5-9(12)7-10(8)14-11/h3-7,11H,2H2,1H3/t11-/m0/s1. The third-order valence-corrected chi connectivity index (χ3v) is 2.22. The van der Waals surface area contributed by atoms with Crippen LogP contribution in [0.3, 0.4) is 0 Å². The molecule has 1 aromatic carbocycles. The van der Waals surface area contributed by atoms with E-state index in [-0.39, 0.29) is 6.29 Å². The molecule has 0 bridgehead atoms. The molecule has 0 fully saturated rings. The second kappa shape index (κ2) is 4.03. The Morgan fingerprint density at radius 3 is 3.14 bits per heavy atom. The molecule has 1 aliphatic rings. The Balaban J connectivity index is 2.23. The lowest BCUT2D eigenvalue weighted by atomic mass is 10.1. The van der Waals surface area contributed by atoms with Gasteiger partial charge in [-0.15, -0.1) is 0 Å². The molecule has 0 saturated carbocycles. The molecule has 0 aromatic heterocycles. The van der Waals surface area contributed by atoms with Gasteiger partial charge in [0.05, 0.1) is 0 Å². The fourth-order valence-corrected chi connectivity index (χ4v) is 1.51. The second-order valence-electron chi connectivity index (χ2n) is 2.98. The van der Waals surface area contributed by atoms with Gasteiger partial charge in [0.15, 0.2) is 0 Å². The summed E-state index contributed by atoms with van der Waals surface area (Å²) in [5.74, 6) is 0.776. The summed E-state index contributed by atoms with van der Waals surface area (Å²) in [6, 6.07) is 5.57. The van der Waals surface area contributed by atoms with Gasteiger partial charge < -0.3 is 9.47 Å². The fourth-order valence-electron chi connectivity index (χ4n) is 1.35. The maximum atomic E-state index is 5.86. The van der Waals surface area contributed by atoms with Crippen molar-refractivity contribution in [3.8, 4) is 5.75 Å². The highest BCUT2D eigenvalue weighted by atomic mass is 35.5. The smallest absolute Gasteiger partial charge is 0.220 e. The van der Waals surface area contributed by atoms with Crippen molar-refractivity contribution in [1.29, 1.82) is 0 Å². The van der Waals surface area contributed by atoms with Crippen molar-refractivity contribution < 1.29 is 9.47 Å². The lowest BCUT2D eigenvalue weighted by molar-refractivity contribution is -0.0414. The number of rotatable bonds is 2. The van der Waals surface area contributed by atoms with Gasteiger partial charge in [-0.05, 0) is 37.3 Å². The minimum atomic E-state index is -0.286. The van der Waals surface area contributed by atoms with Crippen LogP contribution in [0.25, 0.3) is 6.08 Å². The molecule has 0 spiro atoms. The van der Waals surface area contributed by atoms with Crippen molar-refractivity contribution in [2.24, 2.45) is 0 Å². The molecule has 1 atom stereocenters. The third kappa shape index (κ3) is 1.91. The number of halogens is 1. The molecule has 74 valence electrons. The van der Waals surface area contributed by atoms with Gasteiger partial charge in [-0.25, -0.2) is 0 Å². The zero-order valence-corrected chi connectivity index (χ0v) is 8.62. The Morgan fingerprint density at radius 2 is 2.36 bits per heavy atom. The van der Waals surface area contributed by atoms with E-state index in [1.165, 1.54) is 0 Å². The molecule has 2 rings (SSSR count). The number of hydrogen-bond acceptors (Lipinski definition) is 2. The average Bonchev–Trinajstić information content (AvgIpc) is 2.17. The van der Waals surface area contributed by atoms with Gasteiger partial charge in [-0.1, -0.05) is 11.6 Å². The molecule has 0 unspecified atom stereocenters. The van der Waals surface area contributed by atoms with E-state index in [0.29, 0.717) is 11.6 Å². The summed E-state index contributed by atoms with van der Waals surface area (Å²) in [4.78, 5) is 0. The van der Waals surface area contributed by atoms with E-state index >= 15 is 0 Å². The first-order chi connectivity index (χ1) is 6.79. The van der Waals surface area contributed by atoms with E-state index in [1.807, 2.05) is 31.2 Å². The van der Waals surface area contributed by atoms with Crippen LogP contribution in [0.2, 0.25) is 5.02 Å². The van der Waals surface area contributed by atoms with Crippen molar-refractivity contribution in [2.45, 2.75) is 13.2 Å². The molecular weight excluding hydrogens is 200 g/mol. The van der Waals surface area contributed by atoms with Gasteiger partial charge in [0.1, 0.15) is 5.75 Å². The summed E-state index contributed by atoms with van der Waals surface area (Å²) in [5, 5.41) is 0.675. The molecule has 0 radical (unpaired) electrons. The Hall–Kier alpha value is -0.990. The summed E-state index contributed by atoms with van der Waals surface area (Å²) in [7, 11) is 0. The van der Waals surface area contributed by atoms with Crippen LogP contribution >= 0.6 is 11.6 Å². The van der Waals surface area contributed by atoms with Crippen molar-refractivity contribution in [1.82, 2.24) is 0 Å².